The molecule has 2 amide bonds. The third-order valence-corrected chi connectivity index (χ3v) is 6.61. The number of carbonyl (C=O) groups is 1. The lowest BCUT2D eigenvalue weighted by molar-refractivity contribution is 0.0547. The van der Waals surface area contributed by atoms with Gasteiger partial charge in [0.2, 0.25) is 0 Å². The highest BCUT2D eigenvalue weighted by Crippen LogP contribution is 2.53. The van der Waals surface area contributed by atoms with Crippen molar-refractivity contribution in [3.63, 3.8) is 0 Å². The Hall–Kier alpha value is -0.970. The van der Waals surface area contributed by atoms with Crippen molar-refractivity contribution in [2.24, 2.45) is 5.41 Å². The summed E-state index contributed by atoms with van der Waals surface area (Å²) >= 11 is 12.0. The second-order valence-electron chi connectivity index (χ2n) is 7.39. The molecular weight excluding hydrogens is 347 g/mol. The van der Waals surface area contributed by atoms with Crippen LogP contribution in [0.4, 0.5) is 4.79 Å². The molecule has 1 atom stereocenters. The van der Waals surface area contributed by atoms with Crippen LogP contribution in [0, 0.1) is 5.41 Å². The lowest BCUT2D eigenvalue weighted by atomic mass is 9.76. The van der Waals surface area contributed by atoms with E-state index in [9.17, 15) is 4.79 Å². The lowest BCUT2D eigenvalue weighted by Gasteiger charge is -2.36. The van der Waals surface area contributed by atoms with Crippen molar-refractivity contribution in [3.05, 3.63) is 33.8 Å². The fourth-order valence-corrected chi connectivity index (χ4v) is 4.35. The van der Waals surface area contributed by atoms with Gasteiger partial charge in [-0.2, -0.15) is 0 Å². The summed E-state index contributed by atoms with van der Waals surface area (Å²) in [6.07, 6.45) is 5.14. The van der Waals surface area contributed by atoms with E-state index in [2.05, 4.69) is 10.6 Å². The normalized spacial score (nSPS) is 30.5. The zero-order valence-corrected chi connectivity index (χ0v) is 15.0. The van der Waals surface area contributed by atoms with Crippen molar-refractivity contribution >= 4 is 29.2 Å². The Bertz CT molecular complexity index is 640. The van der Waals surface area contributed by atoms with Crippen LogP contribution in [-0.4, -0.2) is 31.3 Å². The molecule has 3 aliphatic rings. The van der Waals surface area contributed by atoms with Gasteiger partial charge in [0, 0.05) is 25.3 Å². The standard InChI is InChI=1S/C18H22Cl2N2O2/c19-14-2-1-11(9-15(14)20)12-7-13(8-12)21-17(23)22-16-10-18(16)3-5-24-6-4-18/h1-2,9,12-13,16H,3-8,10H2,(H2,21,22,23). The zero-order valence-electron chi connectivity index (χ0n) is 13.5. The van der Waals surface area contributed by atoms with Crippen LogP contribution < -0.4 is 10.6 Å². The molecule has 2 aliphatic carbocycles. The maximum Gasteiger partial charge on any atom is 0.315 e. The number of carbonyl (C=O) groups excluding carboxylic acids is 1. The van der Waals surface area contributed by atoms with Crippen LogP contribution in [0.15, 0.2) is 18.2 Å². The number of halogens is 2. The quantitative estimate of drug-likeness (QED) is 0.843. The summed E-state index contributed by atoms with van der Waals surface area (Å²) in [6, 6.07) is 6.34. The molecule has 0 bridgehead atoms. The molecule has 0 radical (unpaired) electrons. The number of amides is 2. The highest BCUT2D eigenvalue weighted by atomic mass is 35.5. The first kappa shape index (κ1) is 16.5. The number of rotatable bonds is 3. The molecule has 1 spiro atoms. The molecule has 6 heteroatoms. The van der Waals surface area contributed by atoms with Gasteiger partial charge in [-0.15, -0.1) is 0 Å². The number of ether oxygens (including phenoxy) is 1. The summed E-state index contributed by atoms with van der Waals surface area (Å²) in [7, 11) is 0. The molecule has 1 aromatic carbocycles. The highest BCUT2D eigenvalue weighted by molar-refractivity contribution is 6.42. The van der Waals surface area contributed by atoms with Gasteiger partial charge >= 0.3 is 6.03 Å². The molecular formula is C18H22Cl2N2O2. The largest absolute Gasteiger partial charge is 0.381 e. The van der Waals surface area contributed by atoms with Gasteiger partial charge in [0.1, 0.15) is 0 Å². The van der Waals surface area contributed by atoms with Crippen molar-refractivity contribution in [2.45, 2.75) is 50.1 Å². The first-order valence-corrected chi connectivity index (χ1v) is 9.41. The van der Waals surface area contributed by atoms with Crippen molar-refractivity contribution in [3.8, 4) is 0 Å². The molecule has 24 heavy (non-hydrogen) atoms. The molecule has 1 heterocycles. The smallest absolute Gasteiger partial charge is 0.315 e. The van der Waals surface area contributed by atoms with E-state index >= 15 is 0 Å². The van der Waals surface area contributed by atoms with E-state index in [0.29, 0.717) is 27.4 Å². The Morgan fingerprint density at radius 1 is 1.12 bits per heavy atom. The van der Waals surface area contributed by atoms with E-state index in [1.165, 1.54) is 5.56 Å². The molecule has 0 aromatic heterocycles. The summed E-state index contributed by atoms with van der Waals surface area (Å²) in [5.74, 6) is 0.452. The van der Waals surface area contributed by atoms with Gasteiger partial charge in [-0.1, -0.05) is 29.3 Å². The summed E-state index contributed by atoms with van der Waals surface area (Å²) < 4.78 is 5.41. The second-order valence-corrected chi connectivity index (χ2v) is 8.20. The zero-order chi connectivity index (χ0) is 16.7. The van der Waals surface area contributed by atoms with E-state index in [1.807, 2.05) is 18.2 Å². The molecule has 1 unspecified atom stereocenters. The van der Waals surface area contributed by atoms with Crippen LogP contribution in [0.2, 0.25) is 10.0 Å². The Labute approximate surface area is 152 Å². The molecule has 4 rings (SSSR count). The minimum absolute atomic E-state index is 0.0269. The molecule has 1 aromatic rings. The Balaban J connectivity index is 1.22. The molecule has 1 aliphatic heterocycles. The minimum Gasteiger partial charge on any atom is -0.381 e. The maximum atomic E-state index is 12.2. The van der Waals surface area contributed by atoms with Gasteiger partial charge in [0.25, 0.3) is 0 Å². The Morgan fingerprint density at radius 2 is 1.88 bits per heavy atom. The number of hydrogen-bond acceptors (Lipinski definition) is 2. The van der Waals surface area contributed by atoms with Crippen LogP contribution >= 0.6 is 23.2 Å². The van der Waals surface area contributed by atoms with E-state index in [4.69, 9.17) is 27.9 Å². The highest BCUT2D eigenvalue weighted by Gasteiger charge is 2.55. The minimum atomic E-state index is -0.0269. The first-order chi connectivity index (χ1) is 11.6. The van der Waals surface area contributed by atoms with E-state index in [-0.39, 0.29) is 12.1 Å². The van der Waals surface area contributed by atoms with Gasteiger partial charge < -0.3 is 15.4 Å². The third kappa shape index (κ3) is 3.24. The van der Waals surface area contributed by atoms with E-state index in [0.717, 1.165) is 45.3 Å². The van der Waals surface area contributed by atoms with Gasteiger partial charge in [-0.05, 0) is 61.1 Å². The van der Waals surface area contributed by atoms with Crippen LogP contribution in [0.1, 0.15) is 43.6 Å². The number of urea groups is 1. The molecule has 1 saturated heterocycles. The van der Waals surface area contributed by atoms with Crippen molar-refractivity contribution in [1.82, 2.24) is 10.6 Å². The molecule has 3 fully saturated rings. The van der Waals surface area contributed by atoms with Crippen LogP contribution in [0.25, 0.3) is 0 Å². The topological polar surface area (TPSA) is 50.4 Å². The predicted octanol–water partition coefficient (Wildman–Crippen LogP) is 4.11. The fraction of sp³-hybridized carbons (Fsp3) is 0.611. The fourth-order valence-electron chi connectivity index (χ4n) is 4.04. The molecule has 2 N–H and O–H groups in total. The first-order valence-electron chi connectivity index (χ1n) is 8.65. The van der Waals surface area contributed by atoms with Crippen molar-refractivity contribution < 1.29 is 9.53 Å². The average molecular weight is 369 g/mol. The molecule has 2 saturated carbocycles. The molecule has 4 nitrogen and oxygen atoms in total. The molecule has 130 valence electrons. The maximum absolute atomic E-state index is 12.2. The van der Waals surface area contributed by atoms with Gasteiger partial charge in [0.15, 0.2) is 0 Å². The van der Waals surface area contributed by atoms with Gasteiger partial charge in [-0.25, -0.2) is 4.79 Å². The van der Waals surface area contributed by atoms with Crippen LogP contribution in [0.3, 0.4) is 0 Å². The lowest BCUT2D eigenvalue weighted by Crippen LogP contribution is -2.49. The number of nitrogens with one attached hydrogen (secondary N) is 2. The summed E-state index contributed by atoms with van der Waals surface area (Å²) in [4.78, 5) is 12.2. The number of hydrogen-bond donors (Lipinski definition) is 2. The summed E-state index contributed by atoms with van der Waals surface area (Å²) in [5, 5.41) is 7.42. The van der Waals surface area contributed by atoms with Gasteiger partial charge in [-0.3, -0.25) is 0 Å². The Kier molecular flexibility index (Phi) is 4.40. The number of benzene rings is 1. The van der Waals surface area contributed by atoms with E-state index < -0.39 is 0 Å². The van der Waals surface area contributed by atoms with E-state index in [1.54, 1.807) is 0 Å². The van der Waals surface area contributed by atoms with Crippen molar-refractivity contribution in [1.29, 1.82) is 0 Å². The van der Waals surface area contributed by atoms with Crippen molar-refractivity contribution in [2.75, 3.05) is 13.2 Å². The predicted molar refractivity (Wildman–Crippen MR) is 94.8 cm³/mol. The second kappa shape index (κ2) is 6.40. The monoisotopic (exact) mass is 368 g/mol. The van der Waals surface area contributed by atoms with Crippen LogP contribution in [-0.2, 0) is 4.74 Å². The van der Waals surface area contributed by atoms with Crippen LogP contribution in [0.5, 0.6) is 0 Å². The third-order valence-electron chi connectivity index (χ3n) is 5.87. The Morgan fingerprint density at radius 3 is 2.58 bits per heavy atom. The SMILES string of the molecule is O=C(NC1CC(c2ccc(Cl)c(Cl)c2)C1)NC1CC12CCOCC2. The summed E-state index contributed by atoms with van der Waals surface area (Å²) in [5.41, 5.74) is 1.52. The average Bonchev–Trinajstić information content (AvgIpc) is 3.17. The van der Waals surface area contributed by atoms with Gasteiger partial charge in [0.05, 0.1) is 10.0 Å². The summed E-state index contributed by atoms with van der Waals surface area (Å²) in [6.45, 7) is 1.65.